The number of piperidine rings is 1. The van der Waals surface area contributed by atoms with Crippen molar-refractivity contribution in [1.82, 2.24) is 14.7 Å². The predicted octanol–water partition coefficient (Wildman–Crippen LogP) is 3.88. The van der Waals surface area contributed by atoms with Gasteiger partial charge in [-0.15, -0.1) is 0 Å². The lowest BCUT2D eigenvalue weighted by molar-refractivity contribution is -0.121. The molecule has 7 nitrogen and oxygen atoms in total. The number of anilines is 1. The van der Waals surface area contributed by atoms with Gasteiger partial charge in [-0.2, -0.15) is 9.78 Å². The summed E-state index contributed by atoms with van der Waals surface area (Å²) in [6.45, 7) is 0.840. The van der Waals surface area contributed by atoms with E-state index in [0.717, 1.165) is 12.1 Å². The number of fused-ring (bicyclic) bond motifs is 1. The highest BCUT2D eigenvalue weighted by Crippen LogP contribution is 2.23. The quantitative estimate of drug-likeness (QED) is 0.509. The zero-order chi connectivity index (χ0) is 23.5. The molecule has 1 N–H and O–H groups in total. The molecule has 1 aliphatic heterocycles. The maximum atomic E-state index is 13.7. The van der Waals surface area contributed by atoms with E-state index >= 15 is 0 Å². The molecule has 3 aromatic carbocycles. The van der Waals surface area contributed by atoms with Crippen molar-refractivity contribution in [2.75, 3.05) is 18.4 Å². The molecule has 34 heavy (non-hydrogen) atoms. The Morgan fingerprint density at radius 2 is 1.50 bits per heavy atom. The SMILES string of the molecule is O=C(Nc1ccccc1)C1CCCN(C(=O)c2nn(-c3ccccc3)c(=O)c3ccccc23)C1. The number of nitrogens with zero attached hydrogens (tertiary/aromatic N) is 3. The Balaban J connectivity index is 1.46. The zero-order valence-corrected chi connectivity index (χ0v) is 18.6. The standard InChI is InChI=1S/C27H24N4O3/c32-25(28-20-11-3-1-4-12-20)19-10-9-17-30(18-19)27(34)24-22-15-7-8-16-23(22)26(33)31(29-24)21-13-5-2-6-14-21/h1-8,11-16,19H,9-10,17-18H2,(H,28,32). The fourth-order valence-electron chi connectivity index (χ4n) is 4.38. The summed E-state index contributed by atoms with van der Waals surface area (Å²) in [7, 11) is 0. The zero-order valence-electron chi connectivity index (χ0n) is 18.6. The molecular weight excluding hydrogens is 428 g/mol. The van der Waals surface area contributed by atoms with E-state index in [2.05, 4.69) is 10.4 Å². The highest BCUT2D eigenvalue weighted by atomic mass is 16.2. The molecule has 5 rings (SSSR count). The van der Waals surface area contributed by atoms with Crippen molar-refractivity contribution >= 4 is 28.3 Å². The third-order valence-corrected chi connectivity index (χ3v) is 6.13. The van der Waals surface area contributed by atoms with E-state index in [-0.39, 0.29) is 29.0 Å². The van der Waals surface area contributed by atoms with E-state index in [4.69, 9.17) is 0 Å². The second-order valence-corrected chi connectivity index (χ2v) is 8.39. The van der Waals surface area contributed by atoms with Crippen molar-refractivity contribution in [2.45, 2.75) is 12.8 Å². The van der Waals surface area contributed by atoms with Crippen molar-refractivity contribution < 1.29 is 9.59 Å². The molecule has 0 bridgehead atoms. The van der Waals surface area contributed by atoms with Gasteiger partial charge in [0.1, 0.15) is 0 Å². The van der Waals surface area contributed by atoms with E-state index < -0.39 is 0 Å². The summed E-state index contributed by atoms with van der Waals surface area (Å²) in [6.07, 6.45) is 1.43. The maximum absolute atomic E-state index is 13.7. The summed E-state index contributed by atoms with van der Waals surface area (Å²) in [5.74, 6) is -0.696. The number of nitrogens with one attached hydrogen (secondary N) is 1. The number of hydrogen-bond acceptors (Lipinski definition) is 4. The molecule has 1 fully saturated rings. The van der Waals surface area contributed by atoms with E-state index in [1.165, 1.54) is 4.68 Å². The van der Waals surface area contributed by atoms with Crippen molar-refractivity contribution in [3.8, 4) is 5.69 Å². The van der Waals surface area contributed by atoms with E-state index in [9.17, 15) is 14.4 Å². The van der Waals surface area contributed by atoms with Crippen LogP contribution in [0.15, 0.2) is 89.7 Å². The van der Waals surface area contributed by atoms with Gasteiger partial charge in [-0.05, 0) is 43.2 Å². The fourth-order valence-corrected chi connectivity index (χ4v) is 4.38. The van der Waals surface area contributed by atoms with Gasteiger partial charge in [-0.1, -0.05) is 54.6 Å². The first-order chi connectivity index (χ1) is 16.6. The smallest absolute Gasteiger partial charge is 0.279 e. The highest BCUT2D eigenvalue weighted by molar-refractivity contribution is 6.05. The summed E-state index contributed by atoms with van der Waals surface area (Å²) in [6, 6.07) is 25.4. The van der Waals surface area contributed by atoms with E-state index in [0.29, 0.717) is 36.0 Å². The van der Waals surface area contributed by atoms with Crippen LogP contribution in [-0.2, 0) is 4.79 Å². The molecule has 7 heteroatoms. The van der Waals surface area contributed by atoms with Crippen LogP contribution >= 0.6 is 0 Å². The average molecular weight is 453 g/mol. The largest absolute Gasteiger partial charge is 0.336 e. The lowest BCUT2D eigenvalue weighted by Crippen LogP contribution is -2.44. The first kappa shape index (κ1) is 21.6. The molecule has 0 spiro atoms. The van der Waals surface area contributed by atoms with Gasteiger partial charge in [-0.25, -0.2) is 0 Å². The van der Waals surface area contributed by atoms with Crippen molar-refractivity contribution in [2.24, 2.45) is 5.92 Å². The lowest BCUT2D eigenvalue weighted by atomic mass is 9.96. The predicted molar refractivity (Wildman–Crippen MR) is 131 cm³/mol. The molecule has 1 aromatic heterocycles. The highest BCUT2D eigenvalue weighted by Gasteiger charge is 2.31. The van der Waals surface area contributed by atoms with Crippen LogP contribution < -0.4 is 10.9 Å². The summed E-state index contributed by atoms with van der Waals surface area (Å²) >= 11 is 0. The molecule has 1 saturated heterocycles. The van der Waals surface area contributed by atoms with Crippen molar-refractivity contribution in [3.63, 3.8) is 0 Å². The van der Waals surface area contributed by atoms with E-state index in [1.807, 2.05) is 48.5 Å². The summed E-state index contributed by atoms with van der Waals surface area (Å²) in [4.78, 5) is 41.3. The summed E-state index contributed by atoms with van der Waals surface area (Å²) in [5, 5.41) is 8.38. The maximum Gasteiger partial charge on any atom is 0.279 e. The van der Waals surface area contributed by atoms with Crippen LogP contribution in [0.4, 0.5) is 5.69 Å². The van der Waals surface area contributed by atoms with Gasteiger partial charge in [0.05, 0.1) is 17.0 Å². The van der Waals surface area contributed by atoms with Gasteiger partial charge < -0.3 is 10.2 Å². The van der Waals surface area contributed by atoms with Gasteiger partial charge in [0, 0.05) is 24.2 Å². The van der Waals surface area contributed by atoms with Crippen LogP contribution in [-0.4, -0.2) is 39.6 Å². The molecule has 2 heterocycles. The molecule has 1 unspecified atom stereocenters. The Morgan fingerprint density at radius 3 is 2.24 bits per heavy atom. The minimum Gasteiger partial charge on any atom is -0.336 e. The van der Waals surface area contributed by atoms with Crippen molar-refractivity contribution in [1.29, 1.82) is 0 Å². The Bertz CT molecular complexity index is 1400. The number of para-hydroxylation sites is 2. The van der Waals surface area contributed by atoms with Gasteiger partial charge in [-0.3, -0.25) is 14.4 Å². The molecule has 4 aromatic rings. The van der Waals surface area contributed by atoms with Crippen LogP contribution in [0.2, 0.25) is 0 Å². The molecule has 0 radical (unpaired) electrons. The monoisotopic (exact) mass is 452 g/mol. The lowest BCUT2D eigenvalue weighted by Gasteiger charge is -2.32. The van der Waals surface area contributed by atoms with Crippen LogP contribution in [0.25, 0.3) is 16.5 Å². The first-order valence-corrected chi connectivity index (χ1v) is 11.3. The van der Waals surface area contributed by atoms with Crippen LogP contribution in [0.5, 0.6) is 0 Å². The third kappa shape index (κ3) is 4.20. The molecule has 0 aliphatic carbocycles. The Kier molecular flexibility index (Phi) is 5.91. The number of carbonyl (C=O) groups is 2. The second-order valence-electron chi connectivity index (χ2n) is 8.39. The molecule has 1 aliphatic rings. The number of benzene rings is 3. The van der Waals surface area contributed by atoms with E-state index in [1.54, 1.807) is 41.3 Å². The Labute approximate surface area is 196 Å². The summed E-state index contributed by atoms with van der Waals surface area (Å²) < 4.78 is 1.28. The summed E-state index contributed by atoms with van der Waals surface area (Å²) in [5.41, 5.74) is 1.25. The minimum absolute atomic E-state index is 0.101. The van der Waals surface area contributed by atoms with Crippen LogP contribution in [0, 0.1) is 5.92 Å². The average Bonchev–Trinajstić information content (AvgIpc) is 2.90. The Morgan fingerprint density at radius 1 is 0.853 bits per heavy atom. The third-order valence-electron chi connectivity index (χ3n) is 6.13. The number of rotatable bonds is 4. The number of likely N-dealkylation sites (tertiary alicyclic amines) is 1. The topological polar surface area (TPSA) is 84.3 Å². The van der Waals surface area contributed by atoms with Gasteiger partial charge in [0.25, 0.3) is 11.5 Å². The molecule has 0 saturated carbocycles. The van der Waals surface area contributed by atoms with Gasteiger partial charge >= 0.3 is 0 Å². The fraction of sp³-hybridized carbons (Fsp3) is 0.185. The Hall–Kier alpha value is -4.26. The van der Waals surface area contributed by atoms with Crippen LogP contribution in [0.1, 0.15) is 23.3 Å². The molecule has 1 atom stereocenters. The number of amides is 2. The second kappa shape index (κ2) is 9.31. The van der Waals surface area contributed by atoms with Crippen molar-refractivity contribution in [3.05, 3.63) is 101 Å². The minimum atomic E-state index is -0.316. The normalized spacial score (nSPS) is 15.8. The number of carbonyl (C=O) groups excluding carboxylic acids is 2. The van der Waals surface area contributed by atoms with Crippen LogP contribution in [0.3, 0.4) is 0 Å². The van der Waals surface area contributed by atoms with Gasteiger partial charge in [0.2, 0.25) is 5.91 Å². The molecular formula is C27H24N4O3. The molecule has 2 amide bonds. The molecule has 170 valence electrons. The van der Waals surface area contributed by atoms with Gasteiger partial charge in [0.15, 0.2) is 5.69 Å². The number of hydrogen-bond donors (Lipinski definition) is 1. The number of aromatic nitrogens is 2. The first-order valence-electron chi connectivity index (χ1n) is 11.3.